The van der Waals surface area contributed by atoms with Gasteiger partial charge < -0.3 is 22.8 Å². The average molecular weight is 264 g/mol. The van der Waals surface area contributed by atoms with Crippen LogP contribution in [0, 0.1) is 0 Å². The van der Waals surface area contributed by atoms with E-state index in [0.717, 1.165) is 5.69 Å². The maximum Gasteiger partial charge on any atom is 0.159 e. The lowest BCUT2D eigenvalue weighted by Crippen LogP contribution is -3.00. The van der Waals surface area contributed by atoms with E-state index in [1.807, 2.05) is 35.6 Å². The van der Waals surface area contributed by atoms with Gasteiger partial charge in [-0.25, -0.2) is 8.42 Å². The number of aliphatic hydroxyl groups is 1. The Labute approximate surface area is 101 Å². The lowest BCUT2D eigenvalue weighted by molar-refractivity contribution is -0.613. The van der Waals surface area contributed by atoms with Gasteiger partial charge in [0.15, 0.2) is 9.84 Å². The van der Waals surface area contributed by atoms with Gasteiger partial charge in [0.1, 0.15) is 23.6 Å². The molecule has 4 nitrogen and oxygen atoms in total. The molecule has 1 aliphatic rings. The highest BCUT2D eigenvalue weighted by Crippen LogP contribution is 2.10. The van der Waals surface area contributed by atoms with Gasteiger partial charge in [0.25, 0.3) is 0 Å². The molecule has 6 heteroatoms. The first kappa shape index (κ1) is 13.4. The van der Waals surface area contributed by atoms with Crippen LogP contribution in [-0.4, -0.2) is 37.2 Å². The summed E-state index contributed by atoms with van der Waals surface area (Å²) in [5.74, 6) is -0.0515. The average Bonchev–Trinajstić information content (AvgIpc) is 2.41. The summed E-state index contributed by atoms with van der Waals surface area (Å²) >= 11 is 0. The van der Waals surface area contributed by atoms with Crippen molar-refractivity contribution in [3.8, 4) is 0 Å². The Morgan fingerprint density at radius 3 is 2.31 bits per heavy atom. The summed E-state index contributed by atoms with van der Waals surface area (Å²) < 4.78 is 22.5. The number of benzene rings is 1. The molecule has 1 aromatic rings. The predicted molar refractivity (Wildman–Crippen MR) is 56.5 cm³/mol. The van der Waals surface area contributed by atoms with Crippen LogP contribution < -0.4 is 17.7 Å². The minimum Gasteiger partial charge on any atom is -1.00 e. The van der Waals surface area contributed by atoms with Gasteiger partial charge in [-0.1, -0.05) is 18.2 Å². The molecule has 2 atom stereocenters. The number of sulfone groups is 1. The second kappa shape index (κ2) is 5.14. The molecule has 1 heterocycles. The van der Waals surface area contributed by atoms with Crippen LogP contribution >= 0.6 is 0 Å². The Morgan fingerprint density at radius 2 is 1.81 bits per heavy atom. The topological polar surface area (TPSA) is 71.0 Å². The van der Waals surface area contributed by atoms with Crippen LogP contribution in [0.3, 0.4) is 0 Å². The largest absolute Gasteiger partial charge is 1.00 e. The quantitative estimate of drug-likeness (QED) is 0.535. The fraction of sp³-hybridized carbons (Fsp3) is 0.400. The van der Waals surface area contributed by atoms with Crippen molar-refractivity contribution in [2.75, 3.05) is 11.5 Å². The lowest BCUT2D eigenvalue weighted by Gasteiger charge is -2.10. The van der Waals surface area contributed by atoms with Gasteiger partial charge in [0, 0.05) is 0 Å². The van der Waals surface area contributed by atoms with Gasteiger partial charge >= 0.3 is 0 Å². The highest BCUT2D eigenvalue weighted by molar-refractivity contribution is 7.91. The summed E-state index contributed by atoms with van der Waals surface area (Å²) in [6, 6.07) is 9.22. The number of halogens is 1. The van der Waals surface area contributed by atoms with Gasteiger partial charge in [0.2, 0.25) is 0 Å². The summed E-state index contributed by atoms with van der Waals surface area (Å²) in [5, 5.41) is 11.4. The van der Waals surface area contributed by atoms with Crippen molar-refractivity contribution < 1.29 is 31.2 Å². The zero-order valence-electron chi connectivity index (χ0n) is 8.58. The molecule has 0 spiro atoms. The van der Waals surface area contributed by atoms with Gasteiger partial charge in [-0.05, 0) is 12.1 Å². The van der Waals surface area contributed by atoms with Crippen LogP contribution in [0.15, 0.2) is 30.3 Å². The van der Waals surface area contributed by atoms with E-state index in [0.29, 0.717) is 0 Å². The van der Waals surface area contributed by atoms with Crippen molar-refractivity contribution in [3.63, 3.8) is 0 Å². The summed E-state index contributed by atoms with van der Waals surface area (Å²) in [7, 11) is -3.05. The Morgan fingerprint density at radius 1 is 1.19 bits per heavy atom. The smallest absolute Gasteiger partial charge is 0.159 e. The molecule has 0 radical (unpaired) electrons. The Bertz CT molecular complexity index is 435. The maximum absolute atomic E-state index is 11.3. The zero-order valence-corrected chi connectivity index (χ0v) is 10.2. The van der Waals surface area contributed by atoms with Crippen molar-refractivity contribution in [1.82, 2.24) is 0 Å². The van der Waals surface area contributed by atoms with Crippen LogP contribution in [-0.2, 0) is 9.84 Å². The standard InChI is InChI=1S/C10H13NO3S.ClH/c12-10-7-15(13,14)6-9(10)11-8-4-2-1-3-5-8;/h1-5,9-12H,6-7H2;1H/t9-,10-;/m1./s1. The van der Waals surface area contributed by atoms with Crippen LogP contribution in [0.1, 0.15) is 0 Å². The highest BCUT2D eigenvalue weighted by Gasteiger charge is 2.39. The third kappa shape index (κ3) is 3.18. The number of para-hydroxylation sites is 1. The van der Waals surface area contributed by atoms with Gasteiger partial charge in [0.05, 0.1) is 5.75 Å². The normalized spacial score (nSPS) is 27.3. The summed E-state index contributed by atoms with van der Waals surface area (Å²) in [5.41, 5.74) is 0.957. The number of aliphatic hydroxyl groups excluding tert-OH is 1. The molecule has 90 valence electrons. The molecule has 3 N–H and O–H groups in total. The van der Waals surface area contributed by atoms with Crippen molar-refractivity contribution in [1.29, 1.82) is 0 Å². The van der Waals surface area contributed by atoms with E-state index in [-0.39, 0.29) is 30.0 Å². The fourth-order valence-corrected chi connectivity index (χ4v) is 3.64. The molecular formula is C10H14ClNO3S. The molecule has 16 heavy (non-hydrogen) atoms. The molecule has 0 saturated carbocycles. The molecule has 1 fully saturated rings. The van der Waals surface area contributed by atoms with Crippen LogP contribution in [0.4, 0.5) is 5.69 Å². The molecule has 2 rings (SSSR count). The predicted octanol–water partition coefficient (Wildman–Crippen LogP) is -3.96. The van der Waals surface area contributed by atoms with E-state index in [4.69, 9.17) is 0 Å². The van der Waals surface area contributed by atoms with E-state index in [1.165, 1.54) is 0 Å². The van der Waals surface area contributed by atoms with Gasteiger partial charge in [-0.2, -0.15) is 0 Å². The fourth-order valence-electron chi connectivity index (χ4n) is 1.83. The second-order valence-electron chi connectivity index (χ2n) is 3.89. The Kier molecular flexibility index (Phi) is 4.32. The van der Waals surface area contributed by atoms with Crippen LogP contribution in [0.25, 0.3) is 0 Å². The van der Waals surface area contributed by atoms with Gasteiger partial charge in [-0.15, -0.1) is 0 Å². The van der Waals surface area contributed by atoms with Crippen molar-refractivity contribution in [3.05, 3.63) is 30.3 Å². The first-order valence-electron chi connectivity index (χ1n) is 4.85. The van der Waals surface area contributed by atoms with Gasteiger partial charge in [-0.3, -0.25) is 0 Å². The van der Waals surface area contributed by atoms with E-state index in [1.54, 1.807) is 0 Å². The number of nitrogens with two attached hydrogens (primary N) is 1. The molecule has 0 amide bonds. The van der Waals surface area contributed by atoms with Crippen molar-refractivity contribution >= 4 is 15.5 Å². The SMILES string of the molecule is O=S1(=O)C[C@@H](O)[C@H]([NH2+]c2ccccc2)C1.[Cl-]. The highest BCUT2D eigenvalue weighted by atomic mass is 35.5. The van der Waals surface area contributed by atoms with E-state index >= 15 is 0 Å². The van der Waals surface area contributed by atoms with E-state index in [2.05, 4.69) is 0 Å². The molecule has 1 saturated heterocycles. The summed E-state index contributed by atoms with van der Waals surface area (Å²) in [6.45, 7) is 0. The van der Waals surface area contributed by atoms with Crippen LogP contribution in [0.5, 0.6) is 0 Å². The monoisotopic (exact) mass is 263 g/mol. The Balaban J connectivity index is 0.00000128. The number of hydrogen-bond donors (Lipinski definition) is 2. The minimum absolute atomic E-state index is 0. The number of rotatable bonds is 2. The molecule has 1 aliphatic heterocycles. The minimum atomic E-state index is -3.05. The maximum atomic E-state index is 11.3. The zero-order chi connectivity index (χ0) is 10.9. The van der Waals surface area contributed by atoms with Crippen molar-refractivity contribution in [2.24, 2.45) is 0 Å². The van der Waals surface area contributed by atoms with Crippen LogP contribution in [0.2, 0.25) is 0 Å². The van der Waals surface area contributed by atoms with E-state index in [9.17, 15) is 13.5 Å². The van der Waals surface area contributed by atoms with Crippen molar-refractivity contribution in [2.45, 2.75) is 12.1 Å². The molecule has 0 bridgehead atoms. The third-order valence-electron chi connectivity index (χ3n) is 2.57. The number of hydrogen-bond acceptors (Lipinski definition) is 3. The lowest BCUT2D eigenvalue weighted by atomic mass is 10.2. The van der Waals surface area contributed by atoms with E-state index < -0.39 is 15.9 Å². The molecule has 0 unspecified atom stereocenters. The third-order valence-corrected chi connectivity index (χ3v) is 4.31. The molecular weight excluding hydrogens is 250 g/mol. The summed E-state index contributed by atoms with van der Waals surface area (Å²) in [6.07, 6.45) is -0.754. The number of quaternary nitrogens is 1. The molecule has 1 aromatic carbocycles. The Hall–Kier alpha value is -0.620. The summed E-state index contributed by atoms with van der Waals surface area (Å²) in [4.78, 5) is 0. The first-order valence-corrected chi connectivity index (χ1v) is 6.67. The second-order valence-corrected chi connectivity index (χ2v) is 6.04. The molecule has 0 aromatic heterocycles. The molecule has 0 aliphatic carbocycles. The first-order chi connectivity index (χ1) is 7.07.